The number of carbonyl (C=O) groups excluding carboxylic acids is 1. The molecule has 1 aliphatic heterocycles. The van der Waals surface area contributed by atoms with Crippen LogP contribution in [0.2, 0.25) is 0 Å². The summed E-state index contributed by atoms with van der Waals surface area (Å²) < 4.78 is 6.51. The summed E-state index contributed by atoms with van der Waals surface area (Å²) in [5, 5.41) is 11.4. The molecule has 0 unspecified atom stereocenters. The van der Waals surface area contributed by atoms with E-state index in [2.05, 4.69) is 22.0 Å². The van der Waals surface area contributed by atoms with Gasteiger partial charge in [0, 0.05) is 33.1 Å². The molecule has 2 N–H and O–H groups in total. The molecule has 1 aromatic rings. The molecule has 108 valence electrons. The first-order valence-corrected chi connectivity index (χ1v) is 8.26. The van der Waals surface area contributed by atoms with Crippen molar-refractivity contribution in [1.29, 1.82) is 5.26 Å². The maximum atomic E-state index is 12.5. The minimum absolute atomic E-state index is 0.0542. The Hall–Kier alpha value is -1.58. The fourth-order valence-electron chi connectivity index (χ4n) is 2.86. The number of carbonyl (C=O) groups is 1. The Labute approximate surface area is 135 Å². The van der Waals surface area contributed by atoms with E-state index in [1.807, 2.05) is 18.4 Å². The van der Waals surface area contributed by atoms with Crippen LogP contribution in [0.4, 0.5) is 0 Å². The number of hydrogen-bond acceptors (Lipinski definition) is 5. The molecule has 0 saturated heterocycles. The molecule has 1 aliphatic carbocycles. The number of nitrogens with two attached hydrogens (primary N) is 1. The molecule has 0 saturated carbocycles. The molecule has 0 spiro atoms. The summed E-state index contributed by atoms with van der Waals surface area (Å²) in [5.74, 6) is 0.648. The average Bonchev–Trinajstić information content (AvgIpc) is 2.83. The second-order valence-electron chi connectivity index (χ2n) is 5.37. The Morgan fingerprint density at radius 2 is 2.29 bits per heavy atom. The van der Waals surface area contributed by atoms with E-state index < -0.39 is 5.92 Å². The first kappa shape index (κ1) is 14.4. The third-order valence-corrected chi connectivity index (χ3v) is 5.50. The molecule has 2 aliphatic rings. The number of thiophene rings is 1. The lowest BCUT2D eigenvalue weighted by atomic mass is 9.78. The van der Waals surface area contributed by atoms with Crippen LogP contribution in [0.1, 0.15) is 30.6 Å². The van der Waals surface area contributed by atoms with Gasteiger partial charge in [0.25, 0.3) is 0 Å². The van der Waals surface area contributed by atoms with Crippen molar-refractivity contribution in [2.24, 2.45) is 11.7 Å². The van der Waals surface area contributed by atoms with Gasteiger partial charge >= 0.3 is 0 Å². The van der Waals surface area contributed by atoms with Crippen LogP contribution in [0, 0.1) is 17.2 Å². The highest BCUT2D eigenvalue weighted by Gasteiger charge is 2.40. The van der Waals surface area contributed by atoms with Crippen LogP contribution in [0.25, 0.3) is 0 Å². The summed E-state index contributed by atoms with van der Waals surface area (Å²) in [6, 6.07) is 4.04. The normalized spacial score (nSPS) is 25.5. The van der Waals surface area contributed by atoms with Crippen molar-refractivity contribution < 1.29 is 9.53 Å². The molecule has 1 aromatic heterocycles. The van der Waals surface area contributed by atoms with E-state index >= 15 is 0 Å². The quantitative estimate of drug-likeness (QED) is 0.826. The van der Waals surface area contributed by atoms with Gasteiger partial charge in [0.2, 0.25) is 5.88 Å². The number of halogens is 1. The van der Waals surface area contributed by atoms with Gasteiger partial charge in [-0.1, -0.05) is 6.92 Å². The van der Waals surface area contributed by atoms with E-state index in [9.17, 15) is 10.1 Å². The van der Waals surface area contributed by atoms with E-state index in [0.717, 1.165) is 9.35 Å². The molecule has 0 aromatic carbocycles. The van der Waals surface area contributed by atoms with Crippen molar-refractivity contribution in [1.82, 2.24) is 0 Å². The third kappa shape index (κ3) is 2.41. The third-order valence-electron chi connectivity index (χ3n) is 3.74. The maximum Gasteiger partial charge on any atom is 0.205 e. The van der Waals surface area contributed by atoms with Gasteiger partial charge in [0.15, 0.2) is 5.78 Å². The lowest BCUT2D eigenvalue weighted by Gasteiger charge is -2.32. The average molecular weight is 365 g/mol. The van der Waals surface area contributed by atoms with Gasteiger partial charge in [-0.3, -0.25) is 4.79 Å². The molecule has 3 rings (SSSR count). The Morgan fingerprint density at radius 3 is 2.90 bits per heavy atom. The number of nitrogens with zero attached hydrogens (tertiary/aromatic N) is 1. The lowest BCUT2D eigenvalue weighted by molar-refractivity contribution is -0.117. The second kappa shape index (κ2) is 5.32. The highest BCUT2D eigenvalue weighted by atomic mass is 79.9. The van der Waals surface area contributed by atoms with Crippen molar-refractivity contribution in [3.05, 3.63) is 43.6 Å². The summed E-state index contributed by atoms with van der Waals surface area (Å²) in [4.78, 5) is 13.4. The molecule has 0 bridgehead atoms. The van der Waals surface area contributed by atoms with Crippen molar-refractivity contribution in [2.45, 2.75) is 25.7 Å². The van der Waals surface area contributed by atoms with Gasteiger partial charge < -0.3 is 10.5 Å². The molecule has 2 atom stereocenters. The van der Waals surface area contributed by atoms with Crippen LogP contribution < -0.4 is 5.73 Å². The van der Waals surface area contributed by atoms with Crippen LogP contribution in [-0.4, -0.2) is 5.78 Å². The first-order valence-electron chi connectivity index (χ1n) is 6.59. The SMILES string of the molecule is C[C@@H]1CC(=O)C2=C(C1)OC(N)=C(C#N)[C@H]2c1cc(Br)cs1. The molecular weight excluding hydrogens is 352 g/mol. The number of rotatable bonds is 1. The monoisotopic (exact) mass is 364 g/mol. The molecule has 6 heteroatoms. The summed E-state index contributed by atoms with van der Waals surface area (Å²) >= 11 is 4.92. The number of nitriles is 1. The Balaban J connectivity index is 2.17. The molecule has 0 radical (unpaired) electrons. The zero-order valence-electron chi connectivity index (χ0n) is 11.4. The van der Waals surface area contributed by atoms with Gasteiger partial charge in [-0.2, -0.15) is 5.26 Å². The Morgan fingerprint density at radius 1 is 1.52 bits per heavy atom. The van der Waals surface area contributed by atoms with Crippen molar-refractivity contribution >= 4 is 33.0 Å². The molecule has 0 amide bonds. The number of ketones is 1. The summed E-state index contributed by atoms with van der Waals surface area (Å²) in [6.07, 6.45) is 1.17. The zero-order valence-corrected chi connectivity index (χ0v) is 13.8. The molecule has 4 nitrogen and oxygen atoms in total. The van der Waals surface area contributed by atoms with Crippen LogP contribution in [-0.2, 0) is 9.53 Å². The summed E-state index contributed by atoms with van der Waals surface area (Å²) in [7, 11) is 0. The standard InChI is InChI=1S/C15H13BrN2O2S/c1-7-2-10(19)14-11(3-7)20-15(18)9(5-17)13(14)12-4-8(16)6-21-12/h4,6-7,13H,2-3,18H2,1H3/t7-,13+/m1/s1. The van der Waals surface area contributed by atoms with Crippen molar-refractivity contribution in [3.63, 3.8) is 0 Å². The Bertz CT molecular complexity index is 726. The topological polar surface area (TPSA) is 76.1 Å². The maximum absolute atomic E-state index is 12.5. The number of Topliss-reactive ketones (excluding diaryl/α,β-unsaturated/α-hetero) is 1. The van der Waals surface area contributed by atoms with Crippen molar-refractivity contribution in [3.8, 4) is 6.07 Å². The fraction of sp³-hybridized carbons (Fsp3) is 0.333. The van der Waals surface area contributed by atoms with Gasteiger partial charge in [-0.15, -0.1) is 11.3 Å². The minimum Gasteiger partial charge on any atom is -0.444 e. The molecular formula is C15H13BrN2O2S. The summed E-state index contributed by atoms with van der Waals surface area (Å²) in [6.45, 7) is 2.02. The highest BCUT2D eigenvalue weighted by Crippen LogP contribution is 2.46. The first-order chi connectivity index (χ1) is 10.0. The second-order valence-corrected chi connectivity index (χ2v) is 7.22. The van der Waals surface area contributed by atoms with Crippen LogP contribution in [0.15, 0.2) is 38.7 Å². The lowest BCUT2D eigenvalue weighted by Crippen LogP contribution is -2.29. The van der Waals surface area contributed by atoms with Gasteiger partial charge in [-0.25, -0.2) is 0 Å². The number of allylic oxidation sites excluding steroid dienone is 3. The van der Waals surface area contributed by atoms with E-state index in [0.29, 0.717) is 29.7 Å². The van der Waals surface area contributed by atoms with E-state index in [1.165, 1.54) is 11.3 Å². The van der Waals surface area contributed by atoms with E-state index in [4.69, 9.17) is 10.5 Å². The fourth-order valence-corrected chi connectivity index (χ4v) is 4.42. The molecule has 0 fully saturated rings. The van der Waals surface area contributed by atoms with Gasteiger partial charge in [0.1, 0.15) is 17.4 Å². The van der Waals surface area contributed by atoms with Crippen LogP contribution >= 0.6 is 27.3 Å². The van der Waals surface area contributed by atoms with E-state index in [1.54, 1.807) is 0 Å². The molecule has 21 heavy (non-hydrogen) atoms. The predicted octanol–water partition coefficient (Wildman–Crippen LogP) is 3.57. The smallest absolute Gasteiger partial charge is 0.205 e. The predicted molar refractivity (Wildman–Crippen MR) is 83.1 cm³/mol. The molecule has 2 heterocycles. The summed E-state index contributed by atoms with van der Waals surface area (Å²) in [5.41, 5.74) is 6.83. The van der Waals surface area contributed by atoms with Crippen molar-refractivity contribution in [2.75, 3.05) is 0 Å². The van der Waals surface area contributed by atoms with Gasteiger partial charge in [0.05, 0.1) is 5.92 Å². The zero-order chi connectivity index (χ0) is 15.1. The van der Waals surface area contributed by atoms with E-state index in [-0.39, 0.29) is 17.6 Å². The van der Waals surface area contributed by atoms with Crippen LogP contribution in [0.5, 0.6) is 0 Å². The van der Waals surface area contributed by atoms with Crippen LogP contribution in [0.3, 0.4) is 0 Å². The highest BCUT2D eigenvalue weighted by molar-refractivity contribution is 9.10. The minimum atomic E-state index is -0.393. The number of hydrogen-bond donors (Lipinski definition) is 1. The number of ether oxygens (including phenoxy) is 1. The Kier molecular flexibility index (Phi) is 3.64. The van der Waals surface area contributed by atoms with Gasteiger partial charge in [-0.05, 0) is 27.9 Å². The largest absolute Gasteiger partial charge is 0.444 e.